The first-order valence-corrected chi connectivity index (χ1v) is 11.8. The van der Waals surface area contributed by atoms with Gasteiger partial charge in [0.25, 0.3) is 0 Å². The number of rotatable bonds is 8. The van der Waals surface area contributed by atoms with E-state index in [1.165, 1.54) is 80.6 Å². The van der Waals surface area contributed by atoms with Crippen LogP contribution in [0.15, 0.2) is 58.7 Å². The molecule has 30 heavy (non-hydrogen) atoms. The quantitative estimate of drug-likeness (QED) is 0.323. The van der Waals surface area contributed by atoms with Crippen LogP contribution in [0.25, 0.3) is 0 Å². The summed E-state index contributed by atoms with van der Waals surface area (Å²) in [6.45, 7) is 11.1. The van der Waals surface area contributed by atoms with Crippen molar-refractivity contribution in [3.8, 4) is 0 Å². The van der Waals surface area contributed by atoms with Crippen molar-refractivity contribution in [2.75, 3.05) is 0 Å². The van der Waals surface area contributed by atoms with Gasteiger partial charge < -0.3 is 5.11 Å². The van der Waals surface area contributed by atoms with E-state index in [-0.39, 0.29) is 5.41 Å². The maximum Gasteiger partial charge on any atom is 0.328 e. The summed E-state index contributed by atoms with van der Waals surface area (Å²) in [5, 5.41) is 8.79. The molecule has 0 amide bonds. The van der Waals surface area contributed by atoms with Gasteiger partial charge in [-0.05, 0) is 68.4 Å². The third kappa shape index (κ3) is 7.45. The molecule has 0 aliphatic heterocycles. The molecule has 0 spiro atoms. The van der Waals surface area contributed by atoms with Crippen molar-refractivity contribution in [2.45, 2.75) is 92.4 Å². The standard InChI is InChI=1S/C28H42O2/c1-21(10-9-11-22(2)20-27(29)30)14-19-26-23(3)15-17-25(28(26,4)5)18-16-24-12-7-6-8-13-24/h9-11,14,19-20,24-25H,6-8,12-13,15-18H2,1-5H3,(H,29,30). The van der Waals surface area contributed by atoms with Crippen molar-refractivity contribution >= 4 is 5.97 Å². The summed E-state index contributed by atoms with van der Waals surface area (Å²) >= 11 is 0. The van der Waals surface area contributed by atoms with Gasteiger partial charge in [0.2, 0.25) is 0 Å². The Bertz CT molecular complexity index is 737. The third-order valence-electron chi connectivity index (χ3n) is 7.27. The summed E-state index contributed by atoms with van der Waals surface area (Å²) in [5.41, 5.74) is 5.19. The SMILES string of the molecule is CC(C=CC1=C(C)CCC(CCC2CCCCC2)C1(C)C)=CC=CC(C)=CC(=O)O. The zero-order chi connectivity index (χ0) is 22.1. The molecule has 1 atom stereocenters. The molecule has 0 heterocycles. The second-order valence-corrected chi connectivity index (χ2v) is 10.1. The Morgan fingerprint density at radius 3 is 2.40 bits per heavy atom. The smallest absolute Gasteiger partial charge is 0.328 e. The molecule has 0 radical (unpaired) electrons. The summed E-state index contributed by atoms with van der Waals surface area (Å²) in [5.74, 6) is 0.838. The minimum Gasteiger partial charge on any atom is -0.478 e. The fraction of sp³-hybridized carbons (Fsp3) is 0.607. The Hall–Kier alpha value is -1.83. The fourth-order valence-electron chi connectivity index (χ4n) is 5.30. The van der Waals surface area contributed by atoms with Crippen LogP contribution in [-0.4, -0.2) is 11.1 Å². The second-order valence-electron chi connectivity index (χ2n) is 10.1. The molecule has 166 valence electrons. The molecule has 2 nitrogen and oxygen atoms in total. The van der Waals surface area contributed by atoms with Crippen LogP contribution in [0.1, 0.15) is 92.4 Å². The van der Waals surface area contributed by atoms with E-state index in [1.807, 2.05) is 18.2 Å². The number of carbonyl (C=O) groups is 1. The molecule has 1 N–H and O–H groups in total. The predicted molar refractivity (Wildman–Crippen MR) is 128 cm³/mol. The highest BCUT2D eigenvalue weighted by atomic mass is 16.4. The number of allylic oxidation sites excluding steroid dienone is 9. The van der Waals surface area contributed by atoms with Gasteiger partial charge in [-0.15, -0.1) is 0 Å². The third-order valence-corrected chi connectivity index (χ3v) is 7.27. The van der Waals surface area contributed by atoms with E-state index in [0.717, 1.165) is 17.4 Å². The number of hydrogen-bond donors (Lipinski definition) is 1. The zero-order valence-electron chi connectivity index (χ0n) is 19.8. The van der Waals surface area contributed by atoms with Crippen molar-refractivity contribution in [1.29, 1.82) is 0 Å². The monoisotopic (exact) mass is 410 g/mol. The van der Waals surface area contributed by atoms with Gasteiger partial charge in [-0.2, -0.15) is 0 Å². The van der Waals surface area contributed by atoms with Crippen LogP contribution in [0, 0.1) is 17.3 Å². The minimum absolute atomic E-state index is 0.227. The van der Waals surface area contributed by atoms with Gasteiger partial charge in [-0.3, -0.25) is 0 Å². The summed E-state index contributed by atoms with van der Waals surface area (Å²) in [6.07, 6.45) is 24.1. The molecule has 0 aromatic heterocycles. The van der Waals surface area contributed by atoms with Gasteiger partial charge in [0, 0.05) is 6.08 Å². The van der Waals surface area contributed by atoms with Crippen LogP contribution in [0.2, 0.25) is 0 Å². The summed E-state index contributed by atoms with van der Waals surface area (Å²) in [6, 6.07) is 0. The van der Waals surface area contributed by atoms with Crippen molar-refractivity contribution in [3.05, 3.63) is 58.7 Å². The van der Waals surface area contributed by atoms with Gasteiger partial charge in [-0.25, -0.2) is 4.79 Å². The van der Waals surface area contributed by atoms with Crippen LogP contribution >= 0.6 is 0 Å². The largest absolute Gasteiger partial charge is 0.478 e. The van der Waals surface area contributed by atoms with Gasteiger partial charge in [0.05, 0.1) is 0 Å². The van der Waals surface area contributed by atoms with Crippen molar-refractivity contribution in [3.63, 3.8) is 0 Å². The molecular weight excluding hydrogens is 368 g/mol. The van der Waals surface area contributed by atoms with E-state index >= 15 is 0 Å². The molecule has 1 unspecified atom stereocenters. The van der Waals surface area contributed by atoms with Crippen molar-refractivity contribution in [1.82, 2.24) is 0 Å². The molecular formula is C28H42O2. The lowest BCUT2D eigenvalue weighted by Gasteiger charge is -2.42. The molecule has 2 aliphatic carbocycles. The van der Waals surface area contributed by atoms with E-state index in [4.69, 9.17) is 5.11 Å². The fourth-order valence-corrected chi connectivity index (χ4v) is 5.30. The van der Waals surface area contributed by atoms with Crippen LogP contribution < -0.4 is 0 Å². The Labute approximate surface area is 184 Å². The number of carboxylic acids is 1. The Morgan fingerprint density at radius 2 is 1.73 bits per heavy atom. The van der Waals surface area contributed by atoms with Crippen LogP contribution in [-0.2, 0) is 4.79 Å². The molecule has 0 bridgehead atoms. The van der Waals surface area contributed by atoms with E-state index in [1.54, 1.807) is 6.92 Å². The van der Waals surface area contributed by atoms with E-state index < -0.39 is 5.97 Å². The lowest BCUT2D eigenvalue weighted by molar-refractivity contribution is -0.131. The highest BCUT2D eigenvalue weighted by molar-refractivity contribution is 5.81. The summed E-state index contributed by atoms with van der Waals surface area (Å²) in [4.78, 5) is 10.7. The van der Waals surface area contributed by atoms with Crippen LogP contribution in [0.4, 0.5) is 0 Å². The highest BCUT2D eigenvalue weighted by Crippen LogP contribution is 2.48. The highest BCUT2D eigenvalue weighted by Gasteiger charge is 2.36. The topological polar surface area (TPSA) is 37.3 Å². The van der Waals surface area contributed by atoms with E-state index in [9.17, 15) is 4.79 Å². The molecule has 1 fully saturated rings. The predicted octanol–water partition coefficient (Wildman–Crippen LogP) is 8.19. The molecule has 0 saturated heterocycles. The first-order chi connectivity index (χ1) is 14.2. The minimum atomic E-state index is -0.905. The van der Waals surface area contributed by atoms with Crippen molar-refractivity contribution < 1.29 is 9.90 Å². The van der Waals surface area contributed by atoms with Gasteiger partial charge in [0.15, 0.2) is 0 Å². The average Bonchev–Trinajstić information content (AvgIpc) is 2.67. The Kier molecular flexibility index (Phi) is 9.39. The number of aliphatic carboxylic acids is 1. The Balaban J connectivity index is 2.02. The van der Waals surface area contributed by atoms with Gasteiger partial charge in [-0.1, -0.05) is 93.9 Å². The maximum absolute atomic E-state index is 10.7. The van der Waals surface area contributed by atoms with Gasteiger partial charge in [0.1, 0.15) is 0 Å². The molecule has 0 aromatic carbocycles. The first-order valence-electron chi connectivity index (χ1n) is 11.8. The molecule has 0 aromatic rings. The number of carboxylic acid groups (broad SMARTS) is 1. The second kappa shape index (κ2) is 11.5. The van der Waals surface area contributed by atoms with E-state index in [0.29, 0.717) is 0 Å². The normalized spacial score (nSPS) is 24.2. The average molecular weight is 411 g/mol. The van der Waals surface area contributed by atoms with E-state index in [2.05, 4.69) is 39.8 Å². The first kappa shape index (κ1) is 24.4. The lowest BCUT2D eigenvalue weighted by atomic mass is 9.63. The zero-order valence-corrected chi connectivity index (χ0v) is 19.8. The van der Waals surface area contributed by atoms with Crippen molar-refractivity contribution in [2.24, 2.45) is 17.3 Å². The Morgan fingerprint density at radius 1 is 1.03 bits per heavy atom. The van der Waals surface area contributed by atoms with Crippen LogP contribution in [0.5, 0.6) is 0 Å². The summed E-state index contributed by atoms with van der Waals surface area (Å²) < 4.78 is 0. The summed E-state index contributed by atoms with van der Waals surface area (Å²) in [7, 11) is 0. The molecule has 1 saturated carbocycles. The number of hydrogen-bond acceptors (Lipinski definition) is 1. The molecule has 2 aliphatic rings. The molecule has 2 heteroatoms. The van der Waals surface area contributed by atoms with Gasteiger partial charge >= 0.3 is 5.97 Å². The lowest BCUT2D eigenvalue weighted by Crippen LogP contribution is -2.30. The maximum atomic E-state index is 10.7. The van der Waals surface area contributed by atoms with Crippen LogP contribution in [0.3, 0.4) is 0 Å². The molecule has 2 rings (SSSR count).